The van der Waals surface area contributed by atoms with Gasteiger partial charge in [0.25, 0.3) is 0 Å². The zero-order chi connectivity index (χ0) is 20.6. The van der Waals surface area contributed by atoms with Gasteiger partial charge in [0.15, 0.2) is 0 Å². The fourth-order valence-electron chi connectivity index (χ4n) is 2.93. The first-order chi connectivity index (χ1) is 14.1. The van der Waals surface area contributed by atoms with E-state index in [1.165, 1.54) is 17.7 Å². The standard InChI is InChI=1S/C27H22F2/c1-3-5-20-6-8-21(9-7-20)12-16-25-17-14-23(19-27(25)29)11-10-22-13-15-24(4-2)26(28)18-22/h6-9,13-15,17-19H,3-5H2,1-2H3. The maximum atomic E-state index is 14.4. The van der Waals surface area contributed by atoms with Crippen molar-refractivity contribution in [1.29, 1.82) is 0 Å². The molecule has 0 unspecified atom stereocenters. The highest BCUT2D eigenvalue weighted by Crippen LogP contribution is 2.12. The van der Waals surface area contributed by atoms with Gasteiger partial charge in [0, 0.05) is 16.7 Å². The quantitative estimate of drug-likeness (QED) is 0.466. The van der Waals surface area contributed by atoms with Crippen LogP contribution in [0.3, 0.4) is 0 Å². The predicted molar refractivity (Wildman–Crippen MR) is 115 cm³/mol. The minimum atomic E-state index is -0.417. The number of hydrogen-bond donors (Lipinski definition) is 0. The van der Waals surface area contributed by atoms with E-state index in [9.17, 15) is 8.78 Å². The van der Waals surface area contributed by atoms with Crippen LogP contribution in [0.15, 0.2) is 60.7 Å². The highest BCUT2D eigenvalue weighted by molar-refractivity contribution is 5.49. The molecule has 0 aliphatic rings. The van der Waals surface area contributed by atoms with Crippen LogP contribution in [0, 0.1) is 35.3 Å². The molecule has 2 heteroatoms. The third-order valence-corrected chi connectivity index (χ3v) is 4.59. The van der Waals surface area contributed by atoms with E-state index in [4.69, 9.17) is 0 Å². The molecule has 0 bridgehead atoms. The number of halogens is 2. The summed E-state index contributed by atoms with van der Waals surface area (Å²) in [6.45, 7) is 4.04. The Morgan fingerprint density at radius 1 is 0.655 bits per heavy atom. The monoisotopic (exact) mass is 384 g/mol. The molecule has 0 amide bonds. The first-order valence-electron chi connectivity index (χ1n) is 9.80. The van der Waals surface area contributed by atoms with Gasteiger partial charge in [-0.3, -0.25) is 0 Å². The summed E-state index contributed by atoms with van der Waals surface area (Å²) in [5.41, 5.74) is 4.20. The molecular weight excluding hydrogens is 362 g/mol. The van der Waals surface area contributed by atoms with Crippen molar-refractivity contribution in [1.82, 2.24) is 0 Å². The van der Waals surface area contributed by atoms with E-state index in [1.807, 2.05) is 19.1 Å². The summed E-state index contributed by atoms with van der Waals surface area (Å²) >= 11 is 0. The van der Waals surface area contributed by atoms with E-state index in [0.717, 1.165) is 18.4 Å². The van der Waals surface area contributed by atoms with Crippen molar-refractivity contribution in [3.63, 3.8) is 0 Å². The molecule has 0 aliphatic heterocycles. The Morgan fingerprint density at radius 3 is 1.83 bits per heavy atom. The Balaban J connectivity index is 1.75. The summed E-state index contributed by atoms with van der Waals surface area (Å²) in [5.74, 6) is 11.0. The van der Waals surface area contributed by atoms with E-state index in [0.29, 0.717) is 28.7 Å². The van der Waals surface area contributed by atoms with Gasteiger partial charge in [0.2, 0.25) is 0 Å². The van der Waals surface area contributed by atoms with Crippen LogP contribution in [0.2, 0.25) is 0 Å². The van der Waals surface area contributed by atoms with Gasteiger partial charge in [-0.15, -0.1) is 0 Å². The molecule has 29 heavy (non-hydrogen) atoms. The van der Waals surface area contributed by atoms with Crippen molar-refractivity contribution in [2.45, 2.75) is 33.1 Å². The third kappa shape index (κ3) is 5.56. The molecule has 0 saturated heterocycles. The van der Waals surface area contributed by atoms with Crippen LogP contribution in [-0.4, -0.2) is 0 Å². The molecule has 0 saturated carbocycles. The van der Waals surface area contributed by atoms with Crippen LogP contribution in [0.5, 0.6) is 0 Å². The normalized spacial score (nSPS) is 9.93. The van der Waals surface area contributed by atoms with Gasteiger partial charge < -0.3 is 0 Å². The summed E-state index contributed by atoms with van der Waals surface area (Å²) in [6.07, 6.45) is 2.78. The Morgan fingerprint density at radius 2 is 1.24 bits per heavy atom. The lowest BCUT2D eigenvalue weighted by Gasteiger charge is -1.99. The largest absolute Gasteiger partial charge is 0.207 e. The molecule has 0 heterocycles. The zero-order valence-corrected chi connectivity index (χ0v) is 16.7. The highest BCUT2D eigenvalue weighted by atomic mass is 19.1. The third-order valence-electron chi connectivity index (χ3n) is 4.59. The van der Waals surface area contributed by atoms with Crippen LogP contribution < -0.4 is 0 Å². The van der Waals surface area contributed by atoms with Gasteiger partial charge in [-0.1, -0.05) is 62.1 Å². The smallest absolute Gasteiger partial charge is 0.140 e. The van der Waals surface area contributed by atoms with E-state index < -0.39 is 5.82 Å². The van der Waals surface area contributed by atoms with Crippen molar-refractivity contribution >= 4 is 0 Å². The summed E-state index contributed by atoms with van der Waals surface area (Å²) in [7, 11) is 0. The summed E-state index contributed by atoms with van der Waals surface area (Å²) in [5, 5.41) is 0. The van der Waals surface area contributed by atoms with E-state index >= 15 is 0 Å². The average molecular weight is 384 g/mol. The molecule has 0 atom stereocenters. The molecule has 3 aromatic carbocycles. The van der Waals surface area contributed by atoms with Crippen LogP contribution in [0.1, 0.15) is 53.6 Å². The maximum Gasteiger partial charge on any atom is 0.140 e. The molecule has 3 aromatic rings. The first-order valence-corrected chi connectivity index (χ1v) is 9.80. The van der Waals surface area contributed by atoms with Crippen LogP contribution in [0.4, 0.5) is 8.78 Å². The molecule has 0 nitrogen and oxygen atoms in total. The second kappa shape index (κ2) is 9.72. The number of aryl methyl sites for hydroxylation is 2. The van der Waals surface area contributed by atoms with Crippen LogP contribution >= 0.6 is 0 Å². The molecule has 0 spiro atoms. The minimum absolute atomic E-state index is 0.265. The Labute approximate surface area is 171 Å². The van der Waals surface area contributed by atoms with E-state index in [-0.39, 0.29) is 5.82 Å². The van der Waals surface area contributed by atoms with Crippen molar-refractivity contribution in [2.24, 2.45) is 0 Å². The average Bonchev–Trinajstić information content (AvgIpc) is 2.73. The van der Waals surface area contributed by atoms with Gasteiger partial charge in [0.05, 0.1) is 5.56 Å². The van der Waals surface area contributed by atoms with Gasteiger partial charge >= 0.3 is 0 Å². The van der Waals surface area contributed by atoms with Gasteiger partial charge in [-0.25, -0.2) is 8.78 Å². The maximum absolute atomic E-state index is 14.4. The lowest BCUT2D eigenvalue weighted by molar-refractivity contribution is 0.612. The minimum Gasteiger partial charge on any atom is -0.207 e. The summed E-state index contributed by atoms with van der Waals surface area (Å²) in [6, 6.07) is 17.6. The topological polar surface area (TPSA) is 0 Å². The second-order valence-electron chi connectivity index (χ2n) is 6.80. The molecule has 3 rings (SSSR count). The number of benzene rings is 3. The molecule has 0 fully saturated rings. The summed E-state index contributed by atoms with van der Waals surface area (Å²) < 4.78 is 28.2. The fourth-order valence-corrected chi connectivity index (χ4v) is 2.93. The van der Waals surface area contributed by atoms with Gasteiger partial charge in [-0.2, -0.15) is 0 Å². The SMILES string of the molecule is CCCc1ccc(C#Cc2ccc(C#Cc3ccc(CC)c(F)c3)cc2F)cc1. The van der Waals surface area contributed by atoms with E-state index in [1.54, 1.807) is 24.3 Å². The van der Waals surface area contributed by atoms with Crippen molar-refractivity contribution in [3.8, 4) is 23.7 Å². The number of hydrogen-bond acceptors (Lipinski definition) is 0. The van der Waals surface area contributed by atoms with Crippen LogP contribution in [0.25, 0.3) is 0 Å². The zero-order valence-electron chi connectivity index (χ0n) is 16.7. The van der Waals surface area contributed by atoms with E-state index in [2.05, 4.69) is 42.7 Å². The summed E-state index contributed by atoms with van der Waals surface area (Å²) in [4.78, 5) is 0. The molecule has 144 valence electrons. The van der Waals surface area contributed by atoms with Crippen LogP contribution in [-0.2, 0) is 12.8 Å². The van der Waals surface area contributed by atoms with Crippen molar-refractivity contribution in [2.75, 3.05) is 0 Å². The molecule has 0 aromatic heterocycles. The number of rotatable bonds is 3. The van der Waals surface area contributed by atoms with Crippen molar-refractivity contribution < 1.29 is 8.78 Å². The van der Waals surface area contributed by atoms with Crippen molar-refractivity contribution in [3.05, 3.63) is 106 Å². The Kier molecular flexibility index (Phi) is 6.83. The van der Waals surface area contributed by atoms with Gasteiger partial charge in [0.1, 0.15) is 11.6 Å². The molecular formula is C27H22F2. The fraction of sp³-hybridized carbons (Fsp3) is 0.185. The Bertz CT molecular complexity index is 1120. The first kappa shape index (κ1) is 20.4. The molecule has 0 N–H and O–H groups in total. The lowest BCUT2D eigenvalue weighted by Crippen LogP contribution is -1.89. The molecule has 0 radical (unpaired) electrons. The van der Waals surface area contributed by atoms with Gasteiger partial charge in [-0.05, 0) is 66.4 Å². The highest BCUT2D eigenvalue weighted by Gasteiger charge is 2.02. The lowest BCUT2D eigenvalue weighted by atomic mass is 10.1. The predicted octanol–water partition coefficient (Wildman–Crippen LogP) is 6.28. The molecule has 0 aliphatic carbocycles. The second-order valence-corrected chi connectivity index (χ2v) is 6.80. The Hall–Kier alpha value is -3.36.